The number of aromatic nitrogens is 2. The van der Waals surface area contributed by atoms with Crippen molar-refractivity contribution in [3.8, 4) is 0 Å². The maximum atomic E-state index is 6.06. The lowest BCUT2D eigenvalue weighted by Crippen LogP contribution is -1.99. The Bertz CT molecular complexity index is 591. The molecule has 0 unspecified atom stereocenters. The van der Waals surface area contributed by atoms with E-state index in [1.807, 2.05) is 0 Å². The van der Waals surface area contributed by atoms with E-state index < -0.39 is 0 Å². The zero-order chi connectivity index (χ0) is 13.9. The molecule has 20 heavy (non-hydrogen) atoms. The monoisotopic (exact) mass is 287 g/mol. The van der Waals surface area contributed by atoms with Gasteiger partial charge in [-0.2, -0.15) is 0 Å². The summed E-state index contributed by atoms with van der Waals surface area (Å²) in [5, 5.41) is 3.81. The van der Waals surface area contributed by atoms with Gasteiger partial charge in [0.25, 0.3) is 0 Å². The Balaban J connectivity index is 1.76. The zero-order valence-corrected chi connectivity index (χ0v) is 12.3. The third kappa shape index (κ3) is 3.28. The van der Waals surface area contributed by atoms with Gasteiger partial charge in [-0.1, -0.05) is 37.1 Å². The molecular formula is C16H18ClN3. The Morgan fingerprint density at radius 3 is 2.60 bits per heavy atom. The standard InChI is InChI=1S/C16H18ClN3/c1-2-3-11-4-8-13(9-5-11)18-15-10-14(17)19-16(20-15)12-6-7-12/h4-5,8-10,12H,2-3,6-7H2,1H3,(H,18,19,20). The van der Waals surface area contributed by atoms with E-state index in [0.29, 0.717) is 11.1 Å². The molecule has 3 nitrogen and oxygen atoms in total. The minimum atomic E-state index is 0.501. The normalized spacial score (nSPS) is 14.3. The van der Waals surface area contributed by atoms with Gasteiger partial charge in [0.05, 0.1) is 0 Å². The molecule has 1 aromatic carbocycles. The van der Waals surface area contributed by atoms with Crippen LogP contribution in [0.5, 0.6) is 0 Å². The van der Waals surface area contributed by atoms with Crippen LogP contribution < -0.4 is 5.32 Å². The van der Waals surface area contributed by atoms with Gasteiger partial charge >= 0.3 is 0 Å². The Morgan fingerprint density at radius 2 is 1.95 bits per heavy atom. The molecule has 0 bridgehead atoms. The summed E-state index contributed by atoms with van der Waals surface area (Å²) in [7, 11) is 0. The second kappa shape index (κ2) is 5.80. The van der Waals surface area contributed by atoms with Gasteiger partial charge in [-0.15, -0.1) is 0 Å². The number of anilines is 2. The molecule has 1 heterocycles. The number of rotatable bonds is 5. The maximum absolute atomic E-state index is 6.06. The topological polar surface area (TPSA) is 37.8 Å². The molecule has 1 aliphatic rings. The van der Waals surface area contributed by atoms with E-state index in [4.69, 9.17) is 11.6 Å². The molecule has 1 N–H and O–H groups in total. The highest BCUT2D eigenvalue weighted by Crippen LogP contribution is 2.38. The average molecular weight is 288 g/mol. The lowest BCUT2D eigenvalue weighted by atomic mass is 10.1. The maximum Gasteiger partial charge on any atom is 0.135 e. The molecule has 3 rings (SSSR count). The molecule has 0 aliphatic heterocycles. The third-order valence-electron chi connectivity index (χ3n) is 3.42. The van der Waals surface area contributed by atoms with Crippen molar-refractivity contribution < 1.29 is 0 Å². The highest BCUT2D eigenvalue weighted by atomic mass is 35.5. The number of hydrogen-bond donors (Lipinski definition) is 1. The first-order valence-corrected chi connectivity index (χ1v) is 7.53. The molecule has 0 spiro atoms. The van der Waals surface area contributed by atoms with Crippen LogP contribution in [0.25, 0.3) is 0 Å². The fourth-order valence-corrected chi connectivity index (χ4v) is 2.40. The Kier molecular flexibility index (Phi) is 3.88. The first-order chi connectivity index (χ1) is 9.74. The van der Waals surface area contributed by atoms with Crippen LogP contribution in [0.1, 0.15) is 43.5 Å². The third-order valence-corrected chi connectivity index (χ3v) is 3.61. The van der Waals surface area contributed by atoms with Crippen LogP contribution in [-0.2, 0) is 6.42 Å². The fourth-order valence-electron chi connectivity index (χ4n) is 2.21. The van der Waals surface area contributed by atoms with Gasteiger partial charge < -0.3 is 5.32 Å². The number of nitrogens with one attached hydrogen (secondary N) is 1. The van der Waals surface area contributed by atoms with Crippen LogP contribution in [0.15, 0.2) is 30.3 Å². The predicted molar refractivity (Wildman–Crippen MR) is 82.7 cm³/mol. The molecule has 104 valence electrons. The summed E-state index contributed by atoms with van der Waals surface area (Å²) in [5.74, 6) is 2.14. The molecule has 0 atom stereocenters. The molecule has 1 saturated carbocycles. The molecular weight excluding hydrogens is 270 g/mol. The molecule has 1 aromatic heterocycles. The van der Waals surface area contributed by atoms with Gasteiger partial charge in [-0.25, -0.2) is 9.97 Å². The summed E-state index contributed by atoms with van der Waals surface area (Å²) in [6.07, 6.45) is 4.63. The van der Waals surface area contributed by atoms with Crippen molar-refractivity contribution in [2.45, 2.75) is 38.5 Å². The number of aryl methyl sites for hydroxylation is 1. The van der Waals surface area contributed by atoms with Gasteiger partial charge in [-0.3, -0.25) is 0 Å². The fraction of sp³-hybridized carbons (Fsp3) is 0.375. The van der Waals surface area contributed by atoms with E-state index in [0.717, 1.165) is 23.8 Å². The van der Waals surface area contributed by atoms with Crippen LogP contribution in [0.4, 0.5) is 11.5 Å². The van der Waals surface area contributed by atoms with E-state index in [2.05, 4.69) is 46.5 Å². The second-order valence-electron chi connectivity index (χ2n) is 5.28. The van der Waals surface area contributed by atoms with Crippen molar-refractivity contribution in [1.82, 2.24) is 9.97 Å². The SMILES string of the molecule is CCCc1ccc(Nc2cc(Cl)nc(C3CC3)n2)cc1. The molecule has 0 radical (unpaired) electrons. The Labute approximate surface area is 124 Å². The largest absolute Gasteiger partial charge is 0.340 e. The van der Waals surface area contributed by atoms with Gasteiger partial charge in [-0.05, 0) is 37.0 Å². The number of hydrogen-bond acceptors (Lipinski definition) is 3. The van der Waals surface area contributed by atoms with E-state index in [9.17, 15) is 0 Å². The van der Waals surface area contributed by atoms with Crippen LogP contribution >= 0.6 is 11.6 Å². The van der Waals surface area contributed by atoms with Crippen molar-refractivity contribution >= 4 is 23.1 Å². The summed E-state index contributed by atoms with van der Waals surface area (Å²) in [5.41, 5.74) is 2.39. The highest BCUT2D eigenvalue weighted by molar-refractivity contribution is 6.29. The molecule has 1 fully saturated rings. The van der Waals surface area contributed by atoms with E-state index in [1.165, 1.54) is 24.8 Å². The van der Waals surface area contributed by atoms with Crippen molar-refractivity contribution in [3.63, 3.8) is 0 Å². The first-order valence-electron chi connectivity index (χ1n) is 7.15. The minimum Gasteiger partial charge on any atom is -0.340 e. The molecule has 1 aliphatic carbocycles. The first kappa shape index (κ1) is 13.4. The minimum absolute atomic E-state index is 0.501. The zero-order valence-electron chi connectivity index (χ0n) is 11.6. The Morgan fingerprint density at radius 1 is 1.20 bits per heavy atom. The van der Waals surface area contributed by atoms with Crippen LogP contribution in [0.3, 0.4) is 0 Å². The van der Waals surface area contributed by atoms with Crippen LogP contribution in [0, 0.1) is 0 Å². The van der Waals surface area contributed by atoms with Crippen molar-refractivity contribution in [1.29, 1.82) is 0 Å². The average Bonchev–Trinajstić information content (AvgIpc) is 3.25. The lowest BCUT2D eigenvalue weighted by Gasteiger charge is -2.08. The van der Waals surface area contributed by atoms with Crippen molar-refractivity contribution in [2.75, 3.05) is 5.32 Å². The summed E-state index contributed by atoms with van der Waals surface area (Å²) in [6, 6.07) is 10.2. The smallest absolute Gasteiger partial charge is 0.135 e. The molecule has 4 heteroatoms. The van der Waals surface area contributed by atoms with Gasteiger partial charge in [0.1, 0.15) is 16.8 Å². The summed E-state index contributed by atoms with van der Waals surface area (Å²) < 4.78 is 0. The predicted octanol–water partition coefficient (Wildman–Crippen LogP) is 4.70. The molecule has 0 saturated heterocycles. The van der Waals surface area contributed by atoms with Crippen molar-refractivity contribution in [3.05, 3.63) is 46.9 Å². The van der Waals surface area contributed by atoms with Crippen LogP contribution in [0.2, 0.25) is 5.15 Å². The lowest BCUT2D eigenvalue weighted by molar-refractivity contribution is 0.921. The second-order valence-corrected chi connectivity index (χ2v) is 5.67. The van der Waals surface area contributed by atoms with E-state index in [-0.39, 0.29) is 0 Å². The number of halogens is 1. The molecule has 0 amide bonds. The van der Waals surface area contributed by atoms with Gasteiger partial charge in [0, 0.05) is 17.7 Å². The quantitative estimate of drug-likeness (QED) is 0.810. The van der Waals surface area contributed by atoms with Gasteiger partial charge in [0.15, 0.2) is 0 Å². The summed E-state index contributed by atoms with van der Waals surface area (Å²) >= 11 is 6.06. The number of benzene rings is 1. The molecule has 2 aromatic rings. The van der Waals surface area contributed by atoms with E-state index >= 15 is 0 Å². The summed E-state index contributed by atoms with van der Waals surface area (Å²) in [4.78, 5) is 8.83. The van der Waals surface area contributed by atoms with Crippen molar-refractivity contribution in [2.24, 2.45) is 0 Å². The highest BCUT2D eigenvalue weighted by Gasteiger charge is 2.27. The van der Waals surface area contributed by atoms with Crippen LogP contribution in [-0.4, -0.2) is 9.97 Å². The van der Waals surface area contributed by atoms with E-state index in [1.54, 1.807) is 6.07 Å². The van der Waals surface area contributed by atoms with Gasteiger partial charge in [0.2, 0.25) is 0 Å². The summed E-state index contributed by atoms with van der Waals surface area (Å²) in [6.45, 7) is 2.19. The number of nitrogens with zero attached hydrogens (tertiary/aromatic N) is 2. The Hall–Kier alpha value is -1.61.